The molecule has 0 saturated carbocycles. The molecule has 2 aromatic rings. The summed E-state index contributed by atoms with van der Waals surface area (Å²) >= 11 is 0. The predicted octanol–water partition coefficient (Wildman–Crippen LogP) is 5.81. The van der Waals surface area contributed by atoms with Crippen LogP contribution < -0.4 is 20.7 Å². The number of hydrogen-bond donors (Lipinski definition) is 3. The van der Waals surface area contributed by atoms with Crippen molar-refractivity contribution in [3.8, 4) is 5.75 Å². The Morgan fingerprint density at radius 2 is 1.86 bits per heavy atom. The van der Waals surface area contributed by atoms with Crippen LogP contribution in [0, 0.1) is 0 Å². The minimum Gasteiger partial charge on any atom is -0.463 e. The second-order valence-electron chi connectivity index (χ2n) is 8.65. The van der Waals surface area contributed by atoms with Crippen molar-refractivity contribution >= 4 is 23.2 Å². The molecule has 176 valence electrons. The van der Waals surface area contributed by atoms with Crippen molar-refractivity contribution in [3.05, 3.63) is 120 Å². The van der Waals surface area contributed by atoms with E-state index in [-0.39, 0.29) is 12.3 Å². The van der Waals surface area contributed by atoms with Gasteiger partial charge in [0.25, 0.3) is 0 Å². The second-order valence-corrected chi connectivity index (χ2v) is 8.65. The highest BCUT2D eigenvalue weighted by Gasteiger charge is 2.29. The lowest BCUT2D eigenvalue weighted by atomic mass is 9.87. The van der Waals surface area contributed by atoms with Crippen LogP contribution in [0.25, 0.3) is 11.6 Å². The van der Waals surface area contributed by atoms with E-state index in [0.717, 1.165) is 40.7 Å². The number of hydrogen-bond acceptors (Lipinski definition) is 5. The quantitative estimate of drug-likeness (QED) is 0.502. The van der Waals surface area contributed by atoms with Gasteiger partial charge in [-0.3, -0.25) is 4.99 Å². The Morgan fingerprint density at radius 3 is 2.60 bits per heavy atom. The summed E-state index contributed by atoms with van der Waals surface area (Å²) < 4.78 is 6.01. The zero-order valence-corrected chi connectivity index (χ0v) is 19.9. The van der Waals surface area contributed by atoms with Crippen molar-refractivity contribution < 1.29 is 4.74 Å². The molecule has 0 bridgehead atoms. The Kier molecular flexibility index (Phi) is 6.40. The monoisotopic (exact) mass is 462 g/mol. The molecular weight excluding hydrogens is 432 g/mol. The van der Waals surface area contributed by atoms with Crippen LogP contribution in [0.4, 0.5) is 5.69 Å². The molecule has 35 heavy (non-hydrogen) atoms. The Balaban J connectivity index is 0.000000464. The van der Waals surface area contributed by atoms with Crippen LogP contribution in [0.2, 0.25) is 0 Å². The van der Waals surface area contributed by atoms with Crippen molar-refractivity contribution in [2.75, 3.05) is 11.9 Å². The zero-order valence-electron chi connectivity index (χ0n) is 19.9. The topological polar surface area (TPSA) is 57.7 Å². The first kappa shape index (κ1) is 22.5. The molecule has 5 nitrogen and oxygen atoms in total. The molecule has 6 rings (SSSR count). The third-order valence-electron chi connectivity index (χ3n) is 6.27. The fourth-order valence-corrected chi connectivity index (χ4v) is 4.54. The molecule has 2 unspecified atom stereocenters. The smallest absolute Gasteiger partial charge is 0.211 e. The Hall–Kier alpha value is -4.25. The van der Waals surface area contributed by atoms with Crippen LogP contribution in [0.3, 0.4) is 0 Å². The summed E-state index contributed by atoms with van der Waals surface area (Å²) in [5, 5.41) is 10.4. The lowest BCUT2D eigenvalue weighted by Crippen LogP contribution is -2.39. The van der Waals surface area contributed by atoms with Gasteiger partial charge in [0.05, 0.1) is 17.4 Å². The maximum atomic E-state index is 6.01. The number of allylic oxidation sites excluding steroid dienone is 5. The van der Waals surface area contributed by atoms with Gasteiger partial charge in [-0.15, -0.1) is 13.2 Å². The molecular formula is C30H30N4O. The first-order valence-corrected chi connectivity index (χ1v) is 11.9. The van der Waals surface area contributed by atoms with Crippen molar-refractivity contribution in [3.63, 3.8) is 0 Å². The summed E-state index contributed by atoms with van der Waals surface area (Å²) in [6.07, 6.45) is 12.9. The second kappa shape index (κ2) is 9.94. The third-order valence-corrected chi connectivity index (χ3v) is 6.27. The molecule has 3 aliphatic heterocycles. The van der Waals surface area contributed by atoms with E-state index in [4.69, 9.17) is 9.73 Å². The van der Waals surface area contributed by atoms with Crippen LogP contribution in [0.1, 0.15) is 24.5 Å². The van der Waals surface area contributed by atoms with Gasteiger partial charge < -0.3 is 20.7 Å². The van der Waals surface area contributed by atoms with E-state index in [1.807, 2.05) is 36.4 Å². The van der Waals surface area contributed by atoms with Gasteiger partial charge in [0.2, 0.25) is 6.23 Å². The summed E-state index contributed by atoms with van der Waals surface area (Å²) in [6, 6.07) is 16.6. The molecule has 0 amide bonds. The lowest BCUT2D eigenvalue weighted by molar-refractivity contribution is 0.280. The maximum Gasteiger partial charge on any atom is 0.211 e. The summed E-state index contributed by atoms with van der Waals surface area (Å²) in [5.41, 5.74) is 8.12. The summed E-state index contributed by atoms with van der Waals surface area (Å²) in [5.74, 6) is 1.81. The number of dihydropyridines is 1. The summed E-state index contributed by atoms with van der Waals surface area (Å²) in [7, 11) is 0. The minimum atomic E-state index is -0.188. The molecule has 0 radical (unpaired) electrons. The highest BCUT2D eigenvalue weighted by atomic mass is 16.5. The van der Waals surface area contributed by atoms with E-state index >= 15 is 0 Å². The Morgan fingerprint density at radius 1 is 1.06 bits per heavy atom. The summed E-state index contributed by atoms with van der Waals surface area (Å²) in [6.45, 7) is 9.80. The largest absolute Gasteiger partial charge is 0.463 e. The molecule has 3 N–H and O–H groups in total. The Bertz CT molecular complexity index is 1280. The van der Waals surface area contributed by atoms with Crippen LogP contribution >= 0.6 is 0 Å². The number of fused-ring (bicyclic) bond motifs is 4. The van der Waals surface area contributed by atoms with E-state index in [0.29, 0.717) is 6.54 Å². The molecule has 1 aliphatic carbocycles. The van der Waals surface area contributed by atoms with Crippen LogP contribution in [-0.2, 0) is 0 Å². The third kappa shape index (κ3) is 4.58. The van der Waals surface area contributed by atoms with Crippen molar-refractivity contribution in [1.82, 2.24) is 10.6 Å². The molecule has 5 heteroatoms. The summed E-state index contributed by atoms with van der Waals surface area (Å²) in [4.78, 5) is 5.01. The van der Waals surface area contributed by atoms with Gasteiger partial charge >= 0.3 is 0 Å². The minimum absolute atomic E-state index is 0.0526. The normalized spacial score (nSPS) is 21.0. The van der Waals surface area contributed by atoms with Gasteiger partial charge in [0.15, 0.2) is 0 Å². The van der Waals surface area contributed by atoms with E-state index in [1.165, 1.54) is 16.7 Å². The standard InChI is InChI=1S/C25H22N4O.C5H8/c1-15-23-18-7-3-2-6-16(18)10-12-20(23)28-24(27-15)17-11-13-21(26-14-17)25-29-19-8-4-5-9-22(19)30-25;1-3-5-4-2/h2-13,20,25-26,29H,14H2,1H3,(H,27,28);3-4H,1-2,5H2. The van der Waals surface area contributed by atoms with Gasteiger partial charge in [0.1, 0.15) is 11.6 Å². The average Bonchev–Trinajstić information content (AvgIpc) is 3.34. The number of benzene rings is 2. The van der Waals surface area contributed by atoms with Crippen molar-refractivity contribution in [1.29, 1.82) is 0 Å². The molecule has 0 saturated heterocycles. The van der Waals surface area contributed by atoms with Gasteiger partial charge in [0, 0.05) is 23.4 Å². The molecule has 0 aromatic heterocycles. The number of ether oxygens (including phenoxy) is 1. The first-order valence-electron chi connectivity index (χ1n) is 11.9. The van der Waals surface area contributed by atoms with Crippen molar-refractivity contribution in [2.24, 2.45) is 4.99 Å². The number of rotatable bonds is 4. The number of amidine groups is 1. The Labute approximate surface area is 207 Å². The van der Waals surface area contributed by atoms with Crippen LogP contribution in [0.5, 0.6) is 5.75 Å². The number of nitrogens with one attached hydrogen (secondary N) is 3. The number of aliphatic imine (C=N–C) groups is 1. The fraction of sp³-hybridized carbons (Fsp3) is 0.167. The fourth-order valence-electron chi connectivity index (χ4n) is 4.54. The van der Waals surface area contributed by atoms with E-state index in [1.54, 1.807) is 0 Å². The highest BCUT2D eigenvalue weighted by Crippen LogP contribution is 2.36. The lowest BCUT2D eigenvalue weighted by Gasteiger charge is -2.30. The molecule has 0 spiro atoms. The molecule has 4 aliphatic rings. The van der Waals surface area contributed by atoms with Crippen LogP contribution in [-0.4, -0.2) is 24.7 Å². The van der Waals surface area contributed by atoms with E-state index < -0.39 is 0 Å². The van der Waals surface area contributed by atoms with E-state index in [9.17, 15) is 0 Å². The van der Waals surface area contributed by atoms with Crippen molar-refractivity contribution in [2.45, 2.75) is 25.6 Å². The van der Waals surface area contributed by atoms with Gasteiger partial charge in [-0.05, 0) is 42.7 Å². The number of nitrogens with zero attached hydrogens (tertiary/aromatic N) is 1. The molecule has 2 aromatic carbocycles. The first-order chi connectivity index (χ1) is 17.2. The number of anilines is 1. The molecule has 2 atom stereocenters. The zero-order chi connectivity index (χ0) is 24.2. The van der Waals surface area contributed by atoms with Gasteiger partial charge in [-0.25, -0.2) is 0 Å². The SMILES string of the molecule is C=CCC=C.CC1=C2c3ccccc3C=CC2N=C(C2=CC=C(C3Nc4ccccc4O3)NC2)N1. The molecule has 0 fully saturated rings. The van der Waals surface area contributed by atoms with Crippen LogP contribution in [0.15, 0.2) is 114 Å². The number of para-hydroxylation sites is 2. The average molecular weight is 463 g/mol. The van der Waals surface area contributed by atoms with Gasteiger partial charge in [-0.1, -0.05) is 66.8 Å². The van der Waals surface area contributed by atoms with Gasteiger partial charge in [-0.2, -0.15) is 0 Å². The maximum absolute atomic E-state index is 6.01. The highest BCUT2D eigenvalue weighted by molar-refractivity contribution is 6.04. The molecule has 3 heterocycles. The predicted molar refractivity (Wildman–Crippen MR) is 146 cm³/mol. The van der Waals surface area contributed by atoms with E-state index in [2.05, 4.69) is 84.6 Å².